The molecule has 0 spiro atoms. The highest BCUT2D eigenvalue weighted by Crippen LogP contribution is 2.18. The molecule has 19 heavy (non-hydrogen) atoms. The molecule has 1 saturated carbocycles. The van der Waals surface area contributed by atoms with Gasteiger partial charge in [-0.15, -0.1) is 0 Å². The first-order valence-electron chi connectivity index (χ1n) is 6.72. The maximum absolute atomic E-state index is 11.4. The van der Waals surface area contributed by atoms with Crippen LogP contribution in [-0.4, -0.2) is 16.7 Å². The molecule has 0 saturated heterocycles. The van der Waals surface area contributed by atoms with Crippen LogP contribution in [0.15, 0.2) is 27.4 Å². The van der Waals surface area contributed by atoms with Crippen molar-refractivity contribution < 1.29 is 4.42 Å². The number of aryl methyl sites for hydroxylation is 1. The van der Waals surface area contributed by atoms with E-state index in [1.165, 1.54) is 11.0 Å². The molecule has 0 radical (unpaired) electrons. The molecule has 1 aliphatic carbocycles. The first kappa shape index (κ1) is 12.4. The van der Waals surface area contributed by atoms with E-state index >= 15 is 0 Å². The van der Waals surface area contributed by atoms with Crippen LogP contribution in [0.25, 0.3) is 11.1 Å². The Labute approximate surface area is 111 Å². The van der Waals surface area contributed by atoms with Gasteiger partial charge in [-0.2, -0.15) is 0 Å². The van der Waals surface area contributed by atoms with E-state index in [4.69, 9.17) is 10.2 Å². The minimum absolute atomic E-state index is 0.262. The summed E-state index contributed by atoms with van der Waals surface area (Å²) in [6.07, 6.45) is 3.44. The Kier molecular flexibility index (Phi) is 3.16. The van der Waals surface area contributed by atoms with Gasteiger partial charge in [-0.05, 0) is 30.5 Å². The van der Waals surface area contributed by atoms with Crippen molar-refractivity contribution in [2.45, 2.75) is 37.9 Å². The van der Waals surface area contributed by atoms with Crippen LogP contribution in [0, 0.1) is 0 Å². The Balaban J connectivity index is 1.76. The number of rotatable bonds is 3. The minimum atomic E-state index is -0.321. The Morgan fingerprint density at radius 3 is 3.05 bits per heavy atom. The van der Waals surface area contributed by atoms with Crippen molar-refractivity contribution in [2.24, 2.45) is 12.8 Å². The van der Waals surface area contributed by atoms with Gasteiger partial charge in [0.25, 0.3) is 0 Å². The topological polar surface area (TPSA) is 73.2 Å². The number of hydrogen-bond acceptors (Lipinski definition) is 4. The molecular formula is C14H19N3O2. The maximum Gasteiger partial charge on any atom is 0.419 e. The molecule has 5 heteroatoms. The van der Waals surface area contributed by atoms with Crippen molar-refractivity contribution in [3.63, 3.8) is 0 Å². The molecular weight excluding hydrogens is 242 g/mol. The predicted molar refractivity (Wildman–Crippen MR) is 73.9 cm³/mol. The molecule has 0 amide bonds. The van der Waals surface area contributed by atoms with E-state index in [2.05, 4.69) is 5.32 Å². The number of hydrogen-bond donors (Lipinski definition) is 2. The highest BCUT2D eigenvalue weighted by Gasteiger charge is 2.22. The molecule has 102 valence electrons. The third-order valence-corrected chi connectivity index (χ3v) is 3.99. The summed E-state index contributed by atoms with van der Waals surface area (Å²) in [5.41, 5.74) is 8.61. The molecule has 1 aliphatic rings. The first-order valence-corrected chi connectivity index (χ1v) is 6.72. The van der Waals surface area contributed by atoms with Crippen molar-refractivity contribution >= 4 is 11.1 Å². The second kappa shape index (κ2) is 4.83. The molecule has 2 unspecified atom stereocenters. The minimum Gasteiger partial charge on any atom is -0.408 e. The molecule has 5 nitrogen and oxygen atoms in total. The van der Waals surface area contributed by atoms with Crippen molar-refractivity contribution in [2.75, 3.05) is 0 Å². The van der Waals surface area contributed by atoms with Crippen LogP contribution in [-0.2, 0) is 13.6 Å². The smallest absolute Gasteiger partial charge is 0.408 e. The van der Waals surface area contributed by atoms with E-state index in [-0.39, 0.29) is 11.8 Å². The van der Waals surface area contributed by atoms with Gasteiger partial charge in [0.2, 0.25) is 0 Å². The lowest BCUT2D eigenvalue weighted by Crippen LogP contribution is -2.40. The number of benzene rings is 1. The van der Waals surface area contributed by atoms with E-state index in [0.29, 0.717) is 11.6 Å². The number of nitrogens with one attached hydrogen (secondary N) is 1. The van der Waals surface area contributed by atoms with Gasteiger partial charge in [-0.25, -0.2) is 4.79 Å². The predicted octanol–water partition coefficient (Wildman–Crippen LogP) is 1.10. The van der Waals surface area contributed by atoms with Gasteiger partial charge in [-0.3, -0.25) is 4.57 Å². The maximum atomic E-state index is 11.4. The lowest BCUT2D eigenvalue weighted by Gasteiger charge is -2.17. The summed E-state index contributed by atoms with van der Waals surface area (Å²) in [4.78, 5) is 11.4. The molecule has 3 N–H and O–H groups in total. The van der Waals surface area contributed by atoms with Gasteiger partial charge < -0.3 is 15.5 Å². The Morgan fingerprint density at radius 1 is 1.47 bits per heavy atom. The molecule has 0 bridgehead atoms. The largest absolute Gasteiger partial charge is 0.419 e. The normalized spacial score (nSPS) is 23.3. The van der Waals surface area contributed by atoms with Gasteiger partial charge in [0, 0.05) is 25.7 Å². The lowest BCUT2D eigenvalue weighted by atomic mass is 10.1. The fourth-order valence-electron chi connectivity index (χ4n) is 2.78. The van der Waals surface area contributed by atoms with Gasteiger partial charge >= 0.3 is 5.76 Å². The fourth-order valence-corrected chi connectivity index (χ4v) is 2.78. The average molecular weight is 261 g/mol. The zero-order valence-corrected chi connectivity index (χ0v) is 11.1. The Bertz CT molecular complexity index is 644. The summed E-state index contributed by atoms with van der Waals surface area (Å²) in [7, 11) is 1.71. The Hall–Kier alpha value is -1.59. The highest BCUT2D eigenvalue weighted by atomic mass is 16.4. The van der Waals surface area contributed by atoms with Gasteiger partial charge in [0.15, 0.2) is 5.58 Å². The molecule has 2 aromatic rings. The summed E-state index contributed by atoms with van der Waals surface area (Å²) in [6, 6.07) is 6.53. The highest BCUT2D eigenvalue weighted by molar-refractivity contribution is 5.73. The number of nitrogens with zero attached hydrogens (tertiary/aromatic N) is 1. The second-order valence-electron chi connectivity index (χ2n) is 5.31. The van der Waals surface area contributed by atoms with Crippen molar-refractivity contribution in [3.8, 4) is 0 Å². The molecule has 1 heterocycles. The Morgan fingerprint density at radius 2 is 2.32 bits per heavy atom. The molecule has 1 aromatic heterocycles. The van der Waals surface area contributed by atoms with Crippen molar-refractivity contribution in [1.82, 2.24) is 9.88 Å². The van der Waals surface area contributed by atoms with Crippen LogP contribution in [0.1, 0.15) is 24.8 Å². The van der Waals surface area contributed by atoms with E-state index in [1.54, 1.807) is 7.05 Å². The van der Waals surface area contributed by atoms with E-state index in [1.807, 2.05) is 18.2 Å². The molecule has 0 aliphatic heterocycles. The summed E-state index contributed by atoms with van der Waals surface area (Å²) in [5, 5.41) is 3.48. The zero-order valence-electron chi connectivity index (χ0n) is 11.1. The van der Waals surface area contributed by atoms with Crippen LogP contribution in [0.3, 0.4) is 0 Å². The summed E-state index contributed by atoms with van der Waals surface area (Å²) in [6.45, 7) is 0.757. The van der Waals surface area contributed by atoms with Crippen LogP contribution in [0.4, 0.5) is 0 Å². The van der Waals surface area contributed by atoms with Crippen LogP contribution >= 0.6 is 0 Å². The van der Waals surface area contributed by atoms with Crippen LogP contribution in [0.5, 0.6) is 0 Å². The number of fused-ring (bicyclic) bond motifs is 1. The van der Waals surface area contributed by atoms with Crippen molar-refractivity contribution in [3.05, 3.63) is 34.3 Å². The second-order valence-corrected chi connectivity index (χ2v) is 5.31. The average Bonchev–Trinajstić information content (AvgIpc) is 2.92. The molecule has 2 atom stereocenters. The molecule has 1 fully saturated rings. The van der Waals surface area contributed by atoms with Crippen LogP contribution < -0.4 is 16.8 Å². The lowest BCUT2D eigenvalue weighted by molar-refractivity contribution is 0.475. The van der Waals surface area contributed by atoms with Gasteiger partial charge in [-0.1, -0.05) is 12.5 Å². The third kappa shape index (κ3) is 2.31. The SMILES string of the molecule is Cn1c(=O)oc2cc(CNC3CCCC3N)ccc21. The number of aromatic nitrogens is 1. The van der Waals surface area contributed by atoms with E-state index < -0.39 is 0 Å². The monoisotopic (exact) mass is 261 g/mol. The van der Waals surface area contributed by atoms with Gasteiger partial charge in [0.1, 0.15) is 0 Å². The fraction of sp³-hybridized carbons (Fsp3) is 0.500. The quantitative estimate of drug-likeness (QED) is 0.867. The van der Waals surface area contributed by atoms with Gasteiger partial charge in [0.05, 0.1) is 5.52 Å². The van der Waals surface area contributed by atoms with Crippen LogP contribution in [0.2, 0.25) is 0 Å². The first-order chi connectivity index (χ1) is 9.15. The summed E-state index contributed by atoms with van der Waals surface area (Å²) >= 11 is 0. The van der Waals surface area contributed by atoms with Crippen molar-refractivity contribution in [1.29, 1.82) is 0 Å². The summed E-state index contributed by atoms with van der Waals surface area (Å²) in [5.74, 6) is -0.321. The van der Waals surface area contributed by atoms with E-state index in [9.17, 15) is 4.79 Å². The third-order valence-electron chi connectivity index (χ3n) is 3.99. The zero-order chi connectivity index (χ0) is 13.4. The molecule has 3 rings (SSSR count). The van der Waals surface area contributed by atoms with E-state index in [0.717, 1.165) is 30.5 Å². The number of nitrogens with two attached hydrogens (primary N) is 1. The molecule has 1 aromatic carbocycles. The summed E-state index contributed by atoms with van der Waals surface area (Å²) < 4.78 is 6.70. The standard InChI is InChI=1S/C14H19N3O2/c1-17-12-6-5-9(7-13(12)19-14(17)18)8-16-11-4-2-3-10(11)15/h5-7,10-11,16H,2-4,8,15H2,1H3. The number of oxazole rings is 1.